The van der Waals surface area contributed by atoms with E-state index in [2.05, 4.69) is 15.5 Å². The highest BCUT2D eigenvalue weighted by molar-refractivity contribution is 5.96. The van der Waals surface area contributed by atoms with Crippen molar-refractivity contribution in [2.24, 2.45) is 5.92 Å². The summed E-state index contributed by atoms with van der Waals surface area (Å²) in [5.41, 5.74) is 1.35. The van der Waals surface area contributed by atoms with Crippen LogP contribution in [0.1, 0.15) is 16.2 Å². The SMILES string of the molecule is O=C(NCc1nc(-c2ccccc2)no1)C1CN(C(=O)c2ccc3c(c2)OCO3)C1. The van der Waals surface area contributed by atoms with Gasteiger partial charge < -0.3 is 24.2 Å². The van der Waals surface area contributed by atoms with E-state index in [1.165, 1.54) is 0 Å². The van der Waals surface area contributed by atoms with Crippen LogP contribution in [0, 0.1) is 5.92 Å². The number of aromatic nitrogens is 2. The van der Waals surface area contributed by atoms with Gasteiger partial charge in [-0.05, 0) is 18.2 Å². The van der Waals surface area contributed by atoms with Crippen LogP contribution in [0.2, 0.25) is 0 Å². The predicted octanol–water partition coefficient (Wildman–Crippen LogP) is 1.85. The number of carbonyl (C=O) groups excluding carboxylic acids is 2. The second-order valence-electron chi connectivity index (χ2n) is 7.07. The minimum absolute atomic E-state index is 0.137. The average molecular weight is 406 g/mol. The van der Waals surface area contributed by atoms with Crippen molar-refractivity contribution in [2.45, 2.75) is 6.54 Å². The summed E-state index contributed by atoms with van der Waals surface area (Å²) in [6.07, 6.45) is 0. The van der Waals surface area contributed by atoms with Crippen molar-refractivity contribution in [3.8, 4) is 22.9 Å². The molecule has 3 heterocycles. The Kier molecular flexibility index (Phi) is 4.55. The molecular formula is C21H18N4O5. The highest BCUT2D eigenvalue weighted by Gasteiger charge is 2.36. The summed E-state index contributed by atoms with van der Waals surface area (Å²) in [7, 11) is 0. The average Bonchev–Trinajstić information content (AvgIpc) is 3.40. The summed E-state index contributed by atoms with van der Waals surface area (Å²) in [6, 6.07) is 14.5. The van der Waals surface area contributed by atoms with Gasteiger partial charge in [0.25, 0.3) is 5.91 Å². The third kappa shape index (κ3) is 3.45. The van der Waals surface area contributed by atoms with Gasteiger partial charge in [-0.15, -0.1) is 0 Å². The molecule has 9 heteroatoms. The van der Waals surface area contributed by atoms with Gasteiger partial charge in [-0.25, -0.2) is 0 Å². The molecule has 0 bridgehead atoms. The number of nitrogens with zero attached hydrogens (tertiary/aromatic N) is 3. The Balaban J connectivity index is 1.12. The van der Waals surface area contributed by atoms with Crippen LogP contribution in [0.3, 0.4) is 0 Å². The van der Waals surface area contributed by atoms with Crippen molar-refractivity contribution in [2.75, 3.05) is 19.9 Å². The molecule has 1 N–H and O–H groups in total. The first-order chi connectivity index (χ1) is 14.7. The van der Waals surface area contributed by atoms with E-state index in [4.69, 9.17) is 14.0 Å². The largest absolute Gasteiger partial charge is 0.454 e. The molecule has 1 aromatic heterocycles. The van der Waals surface area contributed by atoms with Crippen LogP contribution in [0.4, 0.5) is 0 Å². The number of carbonyl (C=O) groups is 2. The lowest BCUT2D eigenvalue weighted by Crippen LogP contribution is -2.55. The van der Waals surface area contributed by atoms with E-state index >= 15 is 0 Å². The molecule has 1 fully saturated rings. The fraction of sp³-hybridized carbons (Fsp3) is 0.238. The highest BCUT2D eigenvalue weighted by Crippen LogP contribution is 2.33. The minimum Gasteiger partial charge on any atom is -0.454 e. The molecule has 30 heavy (non-hydrogen) atoms. The van der Waals surface area contributed by atoms with E-state index in [0.717, 1.165) is 5.56 Å². The number of likely N-dealkylation sites (tertiary alicyclic amines) is 1. The van der Waals surface area contributed by atoms with E-state index in [0.29, 0.717) is 41.9 Å². The van der Waals surface area contributed by atoms with Crippen LogP contribution in [0.25, 0.3) is 11.4 Å². The quantitative estimate of drug-likeness (QED) is 0.689. The molecule has 0 aliphatic carbocycles. The monoisotopic (exact) mass is 406 g/mol. The molecule has 3 aromatic rings. The third-order valence-corrected chi connectivity index (χ3v) is 5.07. The normalized spacial score (nSPS) is 15.0. The van der Waals surface area contributed by atoms with E-state index in [-0.39, 0.29) is 31.1 Å². The molecule has 2 aromatic carbocycles. The molecule has 5 rings (SSSR count). The van der Waals surface area contributed by atoms with Crippen molar-refractivity contribution < 1.29 is 23.6 Å². The number of nitrogens with one attached hydrogen (secondary N) is 1. The minimum atomic E-state index is -0.264. The molecule has 0 atom stereocenters. The molecule has 0 spiro atoms. The standard InChI is InChI=1S/C21H18N4O5/c26-20(22-9-18-23-19(24-30-18)13-4-2-1-3-5-13)15-10-25(11-15)21(27)14-6-7-16-17(8-14)29-12-28-16/h1-8,15H,9-12H2,(H,22,26). The third-order valence-electron chi connectivity index (χ3n) is 5.07. The number of hydrogen-bond acceptors (Lipinski definition) is 7. The van der Waals surface area contributed by atoms with E-state index < -0.39 is 0 Å². The predicted molar refractivity (Wildman–Crippen MR) is 104 cm³/mol. The summed E-state index contributed by atoms with van der Waals surface area (Å²) in [5, 5.41) is 6.72. The fourth-order valence-corrected chi connectivity index (χ4v) is 3.36. The van der Waals surface area contributed by atoms with Gasteiger partial charge in [-0.1, -0.05) is 35.5 Å². The second kappa shape index (κ2) is 7.51. The first-order valence-electron chi connectivity index (χ1n) is 9.52. The summed E-state index contributed by atoms with van der Waals surface area (Å²) in [6.45, 7) is 1.02. The maximum atomic E-state index is 12.6. The Bertz CT molecular complexity index is 1090. The van der Waals surface area contributed by atoms with Crippen LogP contribution in [-0.4, -0.2) is 46.7 Å². The molecule has 0 radical (unpaired) electrons. The maximum Gasteiger partial charge on any atom is 0.254 e. The lowest BCUT2D eigenvalue weighted by Gasteiger charge is -2.38. The van der Waals surface area contributed by atoms with E-state index in [1.807, 2.05) is 30.3 Å². The van der Waals surface area contributed by atoms with Crippen LogP contribution in [0.5, 0.6) is 11.5 Å². The molecule has 1 saturated heterocycles. The first-order valence-corrected chi connectivity index (χ1v) is 9.52. The Hall–Kier alpha value is -3.88. The zero-order chi connectivity index (χ0) is 20.5. The van der Waals surface area contributed by atoms with Gasteiger partial charge in [0, 0.05) is 24.2 Å². The fourth-order valence-electron chi connectivity index (χ4n) is 3.36. The number of fused-ring (bicyclic) bond motifs is 1. The lowest BCUT2D eigenvalue weighted by molar-refractivity contribution is -0.129. The summed E-state index contributed by atoms with van der Waals surface area (Å²) >= 11 is 0. The Morgan fingerprint density at radius 3 is 2.70 bits per heavy atom. The van der Waals surface area contributed by atoms with E-state index in [9.17, 15) is 9.59 Å². The van der Waals surface area contributed by atoms with Crippen LogP contribution < -0.4 is 14.8 Å². The van der Waals surface area contributed by atoms with Gasteiger partial charge in [-0.2, -0.15) is 4.98 Å². The van der Waals surface area contributed by atoms with Crippen LogP contribution >= 0.6 is 0 Å². The molecule has 2 amide bonds. The van der Waals surface area contributed by atoms with Crippen LogP contribution in [-0.2, 0) is 11.3 Å². The number of ether oxygens (including phenoxy) is 2. The summed E-state index contributed by atoms with van der Waals surface area (Å²) in [4.78, 5) is 30.8. The Morgan fingerprint density at radius 1 is 1.07 bits per heavy atom. The molecule has 152 valence electrons. The van der Waals surface area contributed by atoms with E-state index in [1.54, 1.807) is 23.1 Å². The van der Waals surface area contributed by atoms with Crippen molar-refractivity contribution in [3.05, 3.63) is 60.0 Å². The molecule has 9 nitrogen and oxygen atoms in total. The van der Waals surface area contributed by atoms with Crippen LogP contribution in [0.15, 0.2) is 53.1 Å². The highest BCUT2D eigenvalue weighted by atomic mass is 16.7. The smallest absolute Gasteiger partial charge is 0.254 e. The second-order valence-corrected chi connectivity index (χ2v) is 7.07. The van der Waals surface area contributed by atoms with Gasteiger partial charge in [-0.3, -0.25) is 9.59 Å². The topological polar surface area (TPSA) is 107 Å². The van der Waals surface area contributed by atoms with Gasteiger partial charge >= 0.3 is 0 Å². The zero-order valence-electron chi connectivity index (χ0n) is 15.9. The van der Waals surface area contributed by atoms with Crippen molar-refractivity contribution >= 4 is 11.8 Å². The first kappa shape index (κ1) is 18.2. The van der Waals surface area contributed by atoms with Gasteiger partial charge in [0.1, 0.15) is 0 Å². The summed E-state index contributed by atoms with van der Waals surface area (Å²) < 4.78 is 15.8. The number of rotatable bonds is 5. The van der Waals surface area contributed by atoms with Crippen molar-refractivity contribution in [3.63, 3.8) is 0 Å². The lowest BCUT2D eigenvalue weighted by atomic mass is 9.97. The van der Waals surface area contributed by atoms with Gasteiger partial charge in [0.05, 0.1) is 12.5 Å². The van der Waals surface area contributed by atoms with Gasteiger partial charge in [0.15, 0.2) is 11.5 Å². The number of amides is 2. The molecule has 2 aliphatic rings. The number of benzene rings is 2. The molecule has 0 unspecified atom stereocenters. The molecular weight excluding hydrogens is 388 g/mol. The molecule has 2 aliphatic heterocycles. The Labute approximate surface area is 171 Å². The summed E-state index contributed by atoms with van der Waals surface area (Å²) in [5.74, 6) is 1.44. The zero-order valence-corrected chi connectivity index (χ0v) is 15.9. The van der Waals surface area contributed by atoms with Gasteiger partial charge in [0.2, 0.25) is 24.4 Å². The molecule has 0 saturated carbocycles. The maximum absolute atomic E-state index is 12.6. The number of hydrogen-bond donors (Lipinski definition) is 1. The van der Waals surface area contributed by atoms with Crippen molar-refractivity contribution in [1.29, 1.82) is 0 Å². The van der Waals surface area contributed by atoms with Crippen molar-refractivity contribution in [1.82, 2.24) is 20.4 Å². The Morgan fingerprint density at radius 2 is 1.87 bits per heavy atom.